The van der Waals surface area contributed by atoms with E-state index in [1.54, 1.807) is 0 Å². The molecule has 3 aliphatic rings. The Hall–Kier alpha value is -0.340. The van der Waals surface area contributed by atoms with Gasteiger partial charge in [-0.05, 0) is 25.3 Å². The maximum absolute atomic E-state index is 5.59. The molecule has 0 radical (unpaired) electrons. The zero-order valence-electron chi connectivity index (χ0n) is 8.63. The van der Waals surface area contributed by atoms with Crippen LogP contribution in [0, 0.1) is 0 Å². The van der Waals surface area contributed by atoms with Crippen LogP contribution in [0.4, 0.5) is 0 Å². The topological polar surface area (TPSA) is 25.1 Å². The minimum atomic E-state index is -0.244. The summed E-state index contributed by atoms with van der Waals surface area (Å²) in [5.41, 5.74) is 0. The molecule has 0 aromatic rings. The Balaban J connectivity index is 1.60. The second-order valence-corrected chi connectivity index (χ2v) is 4.69. The quantitative estimate of drug-likeness (QED) is 0.437. The fourth-order valence-corrected chi connectivity index (χ4v) is 2.48. The van der Waals surface area contributed by atoms with Crippen molar-refractivity contribution < 1.29 is 9.47 Å². The largest absolute Gasteiger partial charge is 0.303 e. The van der Waals surface area contributed by atoms with Crippen LogP contribution in [-0.2, 0) is 9.47 Å². The number of allylic oxidation sites excluding steroid dienone is 1. The molecule has 2 heteroatoms. The Morgan fingerprint density at radius 2 is 1.57 bits per heavy atom. The minimum absolute atomic E-state index is 0.150. The second kappa shape index (κ2) is 3.07. The molecule has 0 aromatic heterocycles. The maximum Gasteiger partial charge on any atom is 0.249 e. The molecule has 0 N–H and O–H groups in total. The first-order valence-electron chi connectivity index (χ1n) is 5.95. The van der Waals surface area contributed by atoms with E-state index in [0.29, 0.717) is 0 Å². The first-order chi connectivity index (χ1) is 6.87. The maximum atomic E-state index is 5.59. The van der Waals surface area contributed by atoms with Crippen LogP contribution in [0.15, 0.2) is 12.2 Å². The van der Waals surface area contributed by atoms with Crippen LogP contribution < -0.4 is 0 Å². The summed E-state index contributed by atoms with van der Waals surface area (Å²) in [6.07, 6.45) is 14.7. The van der Waals surface area contributed by atoms with Crippen LogP contribution in [0.3, 0.4) is 0 Å². The summed E-state index contributed by atoms with van der Waals surface area (Å²) < 4.78 is 11.2. The van der Waals surface area contributed by atoms with Gasteiger partial charge in [-0.3, -0.25) is 0 Å². The highest BCUT2D eigenvalue weighted by molar-refractivity contribution is 5.27. The second-order valence-electron chi connectivity index (χ2n) is 4.69. The van der Waals surface area contributed by atoms with Gasteiger partial charge < -0.3 is 9.47 Å². The highest BCUT2D eigenvalue weighted by atomic mass is 17.0. The van der Waals surface area contributed by atoms with Crippen LogP contribution in [0.1, 0.15) is 51.4 Å². The average Bonchev–Trinajstić information content (AvgIpc) is 2.90. The van der Waals surface area contributed by atoms with Gasteiger partial charge >= 0.3 is 0 Å². The smallest absolute Gasteiger partial charge is 0.249 e. The number of rotatable bonds is 0. The summed E-state index contributed by atoms with van der Waals surface area (Å²) in [6.45, 7) is 0. The standard InChI is InChI=1S/C12H18O2/c1-2-4-6-8-10-12-11(13-12,14-12)9-7-5-3-1/h7,9H,1-6,8,10H2. The lowest BCUT2D eigenvalue weighted by Crippen LogP contribution is -1.97. The molecule has 3 rings (SSSR count). The minimum Gasteiger partial charge on any atom is -0.303 e. The lowest BCUT2D eigenvalue weighted by Gasteiger charge is -2.01. The molecule has 1 aliphatic carbocycles. The van der Waals surface area contributed by atoms with Gasteiger partial charge in [-0.25, -0.2) is 0 Å². The van der Waals surface area contributed by atoms with Crippen LogP contribution in [-0.4, -0.2) is 11.6 Å². The lowest BCUT2D eigenvalue weighted by molar-refractivity contribution is -0.0815. The summed E-state index contributed by atoms with van der Waals surface area (Å²) in [6, 6.07) is 0. The molecule has 0 unspecified atom stereocenters. The van der Waals surface area contributed by atoms with E-state index in [2.05, 4.69) is 12.2 Å². The number of epoxide rings is 2. The highest BCUT2D eigenvalue weighted by Gasteiger charge is 2.89. The summed E-state index contributed by atoms with van der Waals surface area (Å²) >= 11 is 0. The van der Waals surface area contributed by atoms with Gasteiger partial charge in [-0.15, -0.1) is 0 Å². The third-order valence-electron chi connectivity index (χ3n) is 3.54. The van der Waals surface area contributed by atoms with Gasteiger partial charge in [0.25, 0.3) is 0 Å². The fraction of sp³-hybridized carbons (Fsp3) is 0.833. The Morgan fingerprint density at radius 1 is 0.857 bits per heavy atom. The number of hydrogen-bond acceptors (Lipinski definition) is 2. The van der Waals surface area contributed by atoms with Crippen molar-refractivity contribution in [1.29, 1.82) is 0 Å². The first kappa shape index (κ1) is 8.93. The Morgan fingerprint density at radius 3 is 2.43 bits per heavy atom. The van der Waals surface area contributed by atoms with E-state index in [4.69, 9.17) is 9.47 Å². The van der Waals surface area contributed by atoms with Crippen molar-refractivity contribution in [1.82, 2.24) is 0 Å². The first-order valence-corrected chi connectivity index (χ1v) is 5.95. The van der Waals surface area contributed by atoms with E-state index >= 15 is 0 Å². The van der Waals surface area contributed by atoms with Crippen molar-refractivity contribution in [2.45, 2.75) is 62.9 Å². The predicted molar refractivity (Wildman–Crippen MR) is 53.7 cm³/mol. The van der Waals surface area contributed by atoms with Crippen molar-refractivity contribution in [2.75, 3.05) is 0 Å². The number of hydrogen-bond donors (Lipinski definition) is 0. The molecule has 2 saturated heterocycles. The van der Waals surface area contributed by atoms with Crippen molar-refractivity contribution >= 4 is 0 Å². The van der Waals surface area contributed by atoms with E-state index in [9.17, 15) is 0 Å². The van der Waals surface area contributed by atoms with Gasteiger partial charge in [0.2, 0.25) is 11.6 Å². The monoisotopic (exact) mass is 194 g/mol. The van der Waals surface area contributed by atoms with Gasteiger partial charge in [0, 0.05) is 6.42 Å². The molecule has 0 bridgehead atoms. The summed E-state index contributed by atoms with van der Waals surface area (Å²) in [7, 11) is 0. The third-order valence-corrected chi connectivity index (χ3v) is 3.54. The molecule has 2 fully saturated rings. The third kappa shape index (κ3) is 1.32. The van der Waals surface area contributed by atoms with E-state index in [1.807, 2.05) is 0 Å². The fourth-order valence-electron chi connectivity index (χ4n) is 2.48. The molecule has 2 aliphatic heterocycles. The summed E-state index contributed by atoms with van der Waals surface area (Å²) in [5, 5.41) is 0. The van der Waals surface area contributed by atoms with E-state index in [0.717, 1.165) is 6.42 Å². The van der Waals surface area contributed by atoms with E-state index in [-0.39, 0.29) is 11.6 Å². The molecule has 0 saturated carbocycles. The highest BCUT2D eigenvalue weighted by Crippen LogP contribution is 2.70. The van der Waals surface area contributed by atoms with E-state index < -0.39 is 0 Å². The van der Waals surface area contributed by atoms with Crippen molar-refractivity contribution in [3.8, 4) is 0 Å². The molecule has 0 aromatic carbocycles. The van der Waals surface area contributed by atoms with Crippen LogP contribution in [0.2, 0.25) is 0 Å². The Kier molecular flexibility index (Phi) is 1.96. The molecule has 0 spiro atoms. The average molecular weight is 194 g/mol. The van der Waals surface area contributed by atoms with Crippen molar-refractivity contribution in [3.05, 3.63) is 12.2 Å². The lowest BCUT2D eigenvalue weighted by atomic mass is 10.0. The van der Waals surface area contributed by atoms with Gasteiger partial charge in [0.05, 0.1) is 0 Å². The molecule has 2 heterocycles. The normalized spacial score (nSPS) is 46.9. The Bertz CT molecular complexity index is 251. The van der Waals surface area contributed by atoms with Gasteiger partial charge in [0.15, 0.2) is 0 Å². The van der Waals surface area contributed by atoms with E-state index in [1.165, 1.54) is 44.9 Å². The van der Waals surface area contributed by atoms with Gasteiger partial charge in [-0.1, -0.05) is 31.8 Å². The van der Waals surface area contributed by atoms with Crippen LogP contribution >= 0.6 is 0 Å². The SMILES string of the molecule is C1=CC23OC2(CCCCCCCC1)O3. The predicted octanol–water partition coefficient (Wildman–Crippen LogP) is 3.13. The van der Waals surface area contributed by atoms with Crippen LogP contribution in [0.5, 0.6) is 0 Å². The zero-order valence-corrected chi connectivity index (χ0v) is 8.63. The molecular weight excluding hydrogens is 176 g/mol. The molecule has 78 valence electrons. The summed E-state index contributed by atoms with van der Waals surface area (Å²) in [5.74, 6) is -0.394. The van der Waals surface area contributed by atoms with Gasteiger partial charge in [-0.2, -0.15) is 0 Å². The van der Waals surface area contributed by atoms with Gasteiger partial charge in [0.1, 0.15) is 0 Å². The zero-order chi connectivity index (χ0) is 9.49. The summed E-state index contributed by atoms with van der Waals surface area (Å²) in [4.78, 5) is 0. The number of ether oxygens (including phenoxy) is 2. The molecule has 0 atom stereocenters. The molecule has 0 amide bonds. The van der Waals surface area contributed by atoms with Crippen molar-refractivity contribution in [3.63, 3.8) is 0 Å². The van der Waals surface area contributed by atoms with Crippen LogP contribution in [0.25, 0.3) is 0 Å². The Labute approximate surface area is 85.3 Å². The van der Waals surface area contributed by atoms with Crippen molar-refractivity contribution in [2.24, 2.45) is 0 Å². The molecular formula is C12H18O2. The molecule has 14 heavy (non-hydrogen) atoms. The molecule has 2 nitrogen and oxygen atoms in total.